The second-order valence-corrected chi connectivity index (χ2v) is 6.47. The summed E-state index contributed by atoms with van der Waals surface area (Å²) in [4.78, 5) is 32.1. The van der Waals surface area contributed by atoms with Crippen LogP contribution in [0.3, 0.4) is 0 Å². The van der Waals surface area contributed by atoms with Gasteiger partial charge in [0.2, 0.25) is 0 Å². The molecule has 2 aliphatic rings. The normalized spacial score (nSPS) is 22.8. The van der Waals surface area contributed by atoms with E-state index in [9.17, 15) is 9.59 Å². The van der Waals surface area contributed by atoms with Crippen molar-refractivity contribution in [2.45, 2.75) is 18.6 Å². The molecule has 4 amide bonds. The van der Waals surface area contributed by atoms with Gasteiger partial charge in [0, 0.05) is 45.5 Å². The zero-order chi connectivity index (χ0) is 18.4. The largest absolute Gasteiger partial charge is 0.373 e. The number of pyridine rings is 1. The third-order valence-electron chi connectivity index (χ3n) is 4.63. The first-order valence-corrected chi connectivity index (χ1v) is 8.94. The van der Waals surface area contributed by atoms with Crippen molar-refractivity contribution in [3.63, 3.8) is 0 Å². The lowest BCUT2D eigenvalue weighted by atomic mass is 10.2. The second kappa shape index (κ2) is 8.70. The van der Waals surface area contributed by atoms with Crippen LogP contribution in [0.5, 0.6) is 0 Å². The lowest BCUT2D eigenvalue weighted by molar-refractivity contribution is -0.0117. The number of morpholine rings is 1. The number of rotatable bonds is 4. The van der Waals surface area contributed by atoms with Gasteiger partial charge in [-0.2, -0.15) is 0 Å². The molecule has 3 N–H and O–H groups in total. The van der Waals surface area contributed by atoms with Crippen LogP contribution in [-0.4, -0.2) is 80.5 Å². The van der Waals surface area contributed by atoms with Crippen molar-refractivity contribution < 1.29 is 14.3 Å². The number of carbonyl (C=O) groups is 2. The molecule has 9 nitrogen and oxygen atoms in total. The van der Waals surface area contributed by atoms with Crippen LogP contribution in [0.2, 0.25) is 0 Å². The number of urea groups is 2. The Morgan fingerprint density at radius 1 is 1.31 bits per heavy atom. The number of nitrogens with zero attached hydrogens (tertiary/aromatic N) is 3. The number of hydrogen-bond donors (Lipinski definition) is 3. The number of anilines is 1. The Hall–Kier alpha value is -2.55. The average Bonchev–Trinajstić information content (AvgIpc) is 3.15. The fraction of sp³-hybridized carbons (Fsp3) is 0.588. The van der Waals surface area contributed by atoms with Gasteiger partial charge in [-0.1, -0.05) is 6.07 Å². The zero-order valence-corrected chi connectivity index (χ0v) is 15.0. The first-order valence-electron chi connectivity index (χ1n) is 8.94. The fourth-order valence-electron chi connectivity index (χ4n) is 3.22. The summed E-state index contributed by atoms with van der Waals surface area (Å²) in [7, 11) is 1.56. The first-order chi connectivity index (χ1) is 12.7. The standard InChI is InChI=1S/C17H26N6O3/c1-18-16(24)20-10-14-12-23(8-9-26-14)17(25)21-13-5-7-22(11-13)15-4-2-3-6-19-15/h2-4,6,13-14H,5,7-12H2,1H3,(H,21,25)(H2,18,20,24). The summed E-state index contributed by atoms with van der Waals surface area (Å²) in [6.07, 6.45) is 2.48. The molecule has 2 fully saturated rings. The Labute approximate surface area is 153 Å². The molecular formula is C17H26N6O3. The number of amides is 4. The van der Waals surface area contributed by atoms with E-state index in [0.29, 0.717) is 26.2 Å². The van der Waals surface area contributed by atoms with E-state index in [1.165, 1.54) is 0 Å². The van der Waals surface area contributed by atoms with Gasteiger partial charge in [-0.25, -0.2) is 14.6 Å². The molecule has 2 saturated heterocycles. The van der Waals surface area contributed by atoms with Crippen LogP contribution in [0.4, 0.5) is 15.4 Å². The number of ether oxygens (including phenoxy) is 1. The molecule has 0 spiro atoms. The van der Waals surface area contributed by atoms with Crippen LogP contribution in [-0.2, 0) is 4.74 Å². The summed E-state index contributed by atoms with van der Waals surface area (Å²) in [5.41, 5.74) is 0. The number of hydrogen-bond acceptors (Lipinski definition) is 5. The van der Waals surface area contributed by atoms with Crippen LogP contribution in [0.15, 0.2) is 24.4 Å². The quantitative estimate of drug-likeness (QED) is 0.700. The predicted molar refractivity (Wildman–Crippen MR) is 97.2 cm³/mol. The summed E-state index contributed by atoms with van der Waals surface area (Å²) in [5, 5.41) is 8.31. The highest BCUT2D eigenvalue weighted by Gasteiger charge is 2.29. The summed E-state index contributed by atoms with van der Waals surface area (Å²) in [5.74, 6) is 0.941. The molecule has 3 heterocycles. The molecule has 2 unspecified atom stereocenters. The summed E-state index contributed by atoms with van der Waals surface area (Å²) in [6.45, 7) is 3.50. The van der Waals surface area contributed by atoms with Crippen molar-refractivity contribution in [3.05, 3.63) is 24.4 Å². The van der Waals surface area contributed by atoms with E-state index < -0.39 is 0 Å². The molecule has 9 heteroatoms. The Kier molecular flexibility index (Phi) is 6.11. The summed E-state index contributed by atoms with van der Waals surface area (Å²) in [6, 6.07) is 5.62. The Balaban J connectivity index is 1.45. The topological polar surface area (TPSA) is 98.8 Å². The maximum atomic E-state index is 12.6. The smallest absolute Gasteiger partial charge is 0.317 e. The minimum Gasteiger partial charge on any atom is -0.373 e. The van der Waals surface area contributed by atoms with Crippen molar-refractivity contribution in [2.75, 3.05) is 51.3 Å². The van der Waals surface area contributed by atoms with Gasteiger partial charge in [0.05, 0.1) is 19.3 Å². The van der Waals surface area contributed by atoms with Gasteiger partial charge in [0.15, 0.2) is 0 Å². The van der Waals surface area contributed by atoms with E-state index in [0.717, 1.165) is 25.3 Å². The van der Waals surface area contributed by atoms with Gasteiger partial charge in [-0.15, -0.1) is 0 Å². The Morgan fingerprint density at radius 3 is 2.96 bits per heavy atom. The predicted octanol–water partition coefficient (Wildman–Crippen LogP) is -0.000300. The molecule has 26 heavy (non-hydrogen) atoms. The second-order valence-electron chi connectivity index (χ2n) is 6.47. The van der Waals surface area contributed by atoms with Crippen LogP contribution in [0.25, 0.3) is 0 Å². The van der Waals surface area contributed by atoms with Crippen molar-refractivity contribution >= 4 is 17.9 Å². The van der Waals surface area contributed by atoms with Gasteiger partial charge < -0.3 is 30.5 Å². The Morgan fingerprint density at radius 2 is 2.19 bits per heavy atom. The minimum atomic E-state index is -0.254. The van der Waals surface area contributed by atoms with E-state index in [1.54, 1.807) is 18.1 Å². The van der Waals surface area contributed by atoms with Crippen LogP contribution in [0.1, 0.15) is 6.42 Å². The minimum absolute atomic E-state index is 0.0777. The highest BCUT2D eigenvalue weighted by Crippen LogP contribution is 2.17. The van der Waals surface area contributed by atoms with Gasteiger partial charge in [-0.05, 0) is 18.6 Å². The molecule has 2 aliphatic heterocycles. The van der Waals surface area contributed by atoms with Crippen molar-refractivity contribution in [2.24, 2.45) is 0 Å². The third-order valence-corrected chi connectivity index (χ3v) is 4.63. The molecular weight excluding hydrogens is 336 g/mol. The SMILES string of the molecule is CNC(=O)NCC1CN(C(=O)NC2CCN(c3ccccn3)C2)CCO1. The van der Waals surface area contributed by atoms with E-state index >= 15 is 0 Å². The molecule has 0 radical (unpaired) electrons. The van der Waals surface area contributed by atoms with Crippen molar-refractivity contribution in [3.8, 4) is 0 Å². The maximum absolute atomic E-state index is 12.6. The number of nitrogens with one attached hydrogen (secondary N) is 3. The average molecular weight is 362 g/mol. The molecule has 0 bridgehead atoms. The molecule has 3 rings (SSSR count). The third kappa shape index (κ3) is 4.75. The number of aromatic nitrogens is 1. The summed E-state index contributed by atoms with van der Waals surface area (Å²) >= 11 is 0. The lowest BCUT2D eigenvalue weighted by Gasteiger charge is -2.33. The molecule has 1 aromatic rings. The van der Waals surface area contributed by atoms with Gasteiger partial charge in [0.1, 0.15) is 5.82 Å². The van der Waals surface area contributed by atoms with Crippen molar-refractivity contribution in [1.29, 1.82) is 0 Å². The van der Waals surface area contributed by atoms with Crippen LogP contribution >= 0.6 is 0 Å². The lowest BCUT2D eigenvalue weighted by Crippen LogP contribution is -2.54. The van der Waals surface area contributed by atoms with Crippen molar-refractivity contribution in [1.82, 2.24) is 25.8 Å². The molecule has 142 valence electrons. The number of carbonyl (C=O) groups excluding carboxylic acids is 2. The van der Waals surface area contributed by atoms with Gasteiger partial charge in [-0.3, -0.25) is 0 Å². The van der Waals surface area contributed by atoms with E-state index in [1.807, 2.05) is 18.2 Å². The highest BCUT2D eigenvalue weighted by atomic mass is 16.5. The Bertz CT molecular complexity index is 614. The first kappa shape index (κ1) is 18.2. The summed E-state index contributed by atoms with van der Waals surface area (Å²) < 4.78 is 5.62. The molecule has 0 aromatic carbocycles. The zero-order valence-electron chi connectivity index (χ0n) is 15.0. The van der Waals surface area contributed by atoms with E-state index in [-0.39, 0.29) is 24.2 Å². The molecule has 0 aliphatic carbocycles. The fourth-order valence-corrected chi connectivity index (χ4v) is 3.22. The molecule has 1 aromatic heterocycles. The van der Waals surface area contributed by atoms with E-state index in [4.69, 9.17) is 4.74 Å². The monoisotopic (exact) mass is 362 g/mol. The van der Waals surface area contributed by atoms with Crippen LogP contribution in [0, 0.1) is 0 Å². The molecule has 0 saturated carbocycles. The van der Waals surface area contributed by atoms with Crippen LogP contribution < -0.4 is 20.9 Å². The van der Waals surface area contributed by atoms with Gasteiger partial charge >= 0.3 is 12.1 Å². The maximum Gasteiger partial charge on any atom is 0.317 e. The van der Waals surface area contributed by atoms with E-state index in [2.05, 4.69) is 25.8 Å². The van der Waals surface area contributed by atoms with Gasteiger partial charge in [0.25, 0.3) is 0 Å². The molecule has 2 atom stereocenters. The highest BCUT2D eigenvalue weighted by molar-refractivity contribution is 5.75.